The van der Waals surface area contributed by atoms with Gasteiger partial charge in [-0.15, -0.1) is 0 Å². The molecule has 0 aromatic rings. The van der Waals surface area contributed by atoms with Crippen LogP contribution in [0.2, 0.25) is 0 Å². The van der Waals surface area contributed by atoms with Crippen LogP contribution in [-0.2, 0) is 0 Å². The second kappa shape index (κ2) is 5.31. The summed E-state index contributed by atoms with van der Waals surface area (Å²) in [6.07, 6.45) is 3.87. The maximum absolute atomic E-state index is 3.67. The molecule has 1 atom stereocenters. The molecule has 1 unspecified atom stereocenters. The average molecular weight is 212 g/mol. The molecule has 90 valence electrons. The van der Waals surface area contributed by atoms with Gasteiger partial charge in [0.2, 0.25) is 0 Å². The molecule has 1 rings (SSSR count). The molecule has 1 aliphatic rings. The van der Waals surface area contributed by atoms with Crippen molar-refractivity contribution in [2.45, 2.75) is 47.0 Å². The van der Waals surface area contributed by atoms with Gasteiger partial charge in [0.25, 0.3) is 0 Å². The third-order valence-electron chi connectivity index (χ3n) is 4.14. The zero-order valence-electron chi connectivity index (χ0n) is 10.9. The first kappa shape index (κ1) is 13.0. The quantitative estimate of drug-likeness (QED) is 0.706. The Morgan fingerprint density at radius 1 is 1.33 bits per heavy atom. The minimum absolute atomic E-state index is 0.445. The van der Waals surface area contributed by atoms with Gasteiger partial charge in [-0.1, -0.05) is 27.7 Å². The maximum Gasteiger partial charge on any atom is 0.00206 e. The highest BCUT2D eigenvalue weighted by molar-refractivity contribution is 4.89. The van der Waals surface area contributed by atoms with Crippen LogP contribution in [0.3, 0.4) is 0 Å². The first-order chi connectivity index (χ1) is 7.04. The molecule has 0 saturated carbocycles. The summed E-state index contributed by atoms with van der Waals surface area (Å²) in [7, 11) is 0. The van der Waals surface area contributed by atoms with E-state index in [1.807, 2.05) is 0 Å². The highest BCUT2D eigenvalue weighted by Crippen LogP contribution is 2.28. The first-order valence-corrected chi connectivity index (χ1v) is 6.45. The lowest BCUT2D eigenvalue weighted by molar-refractivity contribution is 0.256. The monoisotopic (exact) mass is 212 g/mol. The highest BCUT2D eigenvalue weighted by atomic mass is 15.0. The van der Waals surface area contributed by atoms with Crippen LogP contribution in [0.25, 0.3) is 0 Å². The minimum Gasteiger partial charge on any atom is -0.316 e. The normalized spacial score (nSPS) is 27.2. The topological polar surface area (TPSA) is 24.1 Å². The predicted octanol–water partition coefficient (Wildman–Crippen LogP) is 2.40. The molecular weight excluding hydrogens is 184 g/mol. The molecule has 1 aliphatic heterocycles. The predicted molar refractivity (Wildman–Crippen MR) is 67.2 cm³/mol. The van der Waals surface area contributed by atoms with Gasteiger partial charge in [-0.2, -0.15) is 0 Å². The van der Waals surface area contributed by atoms with E-state index in [9.17, 15) is 0 Å². The van der Waals surface area contributed by atoms with E-state index in [0.717, 1.165) is 6.54 Å². The van der Waals surface area contributed by atoms with E-state index < -0.39 is 0 Å². The van der Waals surface area contributed by atoms with Crippen LogP contribution in [0.1, 0.15) is 47.0 Å². The summed E-state index contributed by atoms with van der Waals surface area (Å²) in [5, 5.41) is 7.16. The summed E-state index contributed by atoms with van der Waals surface area (Å²) in [5.41, 5.74) is 0.977. The fourth-order valence-corrected chi connectivity index (χ4v) is 2.16. The van der Waals surface area contributed by atoms with Crippen molar-refractivity contribution in [1.82, 2.24) is 10.6 Å². The molecule has 0 bridgehead atoms. The lowest BCUT2D eigenvalue weighted by Gasteiger charge is -2.30. The van der Waals surface area contributed by atoms with E-state index >= 15 is 0 Å². The van der Waals surface area contributed by atoms with E-state index in [-0.39, 0.29) is 0 Å². The SMILES string of the molecule is CCC(C)(C)CNCC1(CC)CCNC1. The van der Waals surface area contributed by atoms with Crippen molar-refractivity contribution in [3.8, 4) is 0 Å². The van der Waals surface area contributed by atoms with Gasteiger partial charge >= 0.3 is 0 Å². The molecule has 15 heavy (non-hydrogen) atoms. The zero-order chi connectivity index (χ0) is 11.4. The Kier molecular flexibility index (Phi) is 4.60. The standard InChI is InChI=1S/C13H28N2/c1-5-12(3,4)9-15-11-13(6-2)7-8-14-10-13/h14-15H,5-11H2,1-4H3. The zero-order valence-corrected chi connectivity index (χ0v) is 10.9. The molecular formula is C13H28N2. The average Bonchev–Trinajstić information content (AvgIpc) is 2.67. The Balaban J connectivity index is 2.29. The molecule has 2 heteroatoms. The Morgan fingerprint density at radius 3 is 2.53 bits per heavy atom. The summed E-state index contributed by atoms with van der Waals surface area (Å²) < 4.78 is 0. The summed E-state index contributed by atoms with van der Waals surface area (Å²) in [6.45, 7) is 14.0. The second-order valence-corrected chi connectivity index (χ2v) is 5.90. The molecule has 0 radical (unpaired) electrons. The fourth-order valence-electron chi connectivity index (χ4n) is 2.16. The molecule has 1 heterocycles. The van der Waals surface area contributed by atoms with Crippen LogP contribution in [0.15, 0.2) is 0 Å². The largest absolute Gasteiger partial charge is 0.316 e. The van der Waals surface area contributed by atoms with Crippen molar-refractivity contribution in [3.63, 3.8) is 0 Å². The first-order valence-electron chi connectivity index (χ1n) is 6.45. The number of hydrogen-bond acceptors (Lipinski definition) is 2. The smallest absolute Gasteiger partial charge is 0.00206 e. The number of hydrogen-bond donors (Lipinski definition) is 2. The van der Waals surface area contributed by atoms with E-state index in [0.29, 0.717) is 10.8 Å². The molecule has 1 fully saturated rings. The molecule has 2 nitrogen and oxygen atoms in total. The van der Waals surface area contributed by atoms with Gasteiger partial charge in [-0.05, 0) is 36.6 Å². The van der Waals surface area contributed by atoms with Crippen molar-refractivity contribution in [1.29, 1.82) is 0 Å². The van der Waals surface area contributed by atoms with E-state index in [1.54, 1.807) is 0 Å². The Bertz CT molecular complexity index is 181. The lowest BCUT2D eigenvalue weighted by Crippen LogP contribution is -2.39. The van der Waals surface area contributed by atoms with Gasteiger partial charge in [0, 0.05) is 19.6 Å². The van der Waals surface area contributed by atoms with Gasteiger partial charge in [0.1, 0.15) is 0 Å². The van der Waals surface area contributed by atoms with Crippen LogP contribution in [0.5, 0.6) is 0 Å². The number of rotatable bonds is 6. The minimum atomic E-state index is 0.445. The van der Waals surface area contributed by atoms with E-state index in [4.69, 9.17) is 0 Å². The molecule has 2 N–H and O–H groups in total. The molecule has 1 saturated heterocycles. The van der Waals surface area contributed by atoms with Crippen molar-refractivity contribution >= 4 is 0 Å². The lowest BCUT2D eigenvalue weighted by atomic mass is 9.83. The molecule has 0 aliphatic carbocycles. The fraction of sp³-hybridized carbons (Fsp3) is 1.00. The summed E-state index contributed by atoms with van der Waals surface area (Å²) >= 11 is 0. The Labute approximate surface area is 95.2 Å². The highest BCUT2D eigenvalue weighted by Gasteiger charge is 2.31. The van der Waals surface area contributed by atoms with Gasteiger partial charge in [0.05, 0.1) is 0 Å². The summed E-state index contributed by atoms with van der Waals surface area (Å²) in [6, 6.07) is 0. The molecule has 0 spiro atoms. The van der Waals surface area contributed by atoms with E-state index in [1.165, 1.54) is 38.9 Å². The van der Waals surface area contributed by atoms with Gasteiger partial charge in [0.15, 0.2) is 0 Å². The van der Waals surface area contributed by atoms with E-state index in [2.05, 4.69) is 38.3 Å². The Hall–Kier alpha value is -0.0800. The third kappa shape index (κ3) is 3.76. The molecule has 0 aromatic heterocycles. The van der Waals surface area contributed by atoms with Crippen LogP contribution < -0.4 is 10.6 Å². The second-order valence-electron chi connectivity index (χ2n) is 5.90. The van der Waals surface area contributed by atoms with Crippen LogP contribution >= 0.6 is 0 Å². The van der Waals surface area contributed by atoms with Gasteiger partial charge in [-0.25, -0.2) is 0 Å². The van der Waals surface area contributed by atoms with Crippen molar-refractivity contribution in [2.75, 3.05) is 26.2 Å². The third-order valence-corrected chi connectivity index (χ3v) is 4.14. The van der Waals surface area contributed by atoms with Crippen molar-refractivity contribution in [2.24, 2.45) is 10.8 Å². The molecule has 0 aromatic carbocycles. The maximum atomic E-state index is 3.67. The Morgan fingerprint density at radius 2 is 2.07 bits per heavy atom. The van der Waals surface area contributed by atoms with Crippen LogP contribution in [0.4, 0.5) is 0 Å². The van der Waals surface area contributed by atoms with Crippen LogP contribution in [0, 0.1) is 10.8 Å². The summed E-state index contributed by atoms with van der Waals surface area (Å²) in [4.78, 5) is 0. The van der Waals surface area contributed by atoms with Gasteiger partial charge in [-0.3, -0.25) is 0 Å². The summed E-state index contributed by atoms with van der Waals surface area (Å²) in [5.74, 6) is 0. The molecule has 0 amide bonds. The number of nitrogens with one attached hydrogen (secondary N) is 2. The van der Waals surface area contributed by atoms with Crippen LogP contribution in [-0.4, -0.2) is 26.2 Å². The van der Waals surface area contributed by atoms with Crippen molar-refractivity contribution < 1.29 is 0 Å². The van der Waals surface area contributed by atoms with Gasteiger partial charge < -0.3 is 10.6 Å². The van der Waals surface area contributed by atoms with Crippen molar-refractivity contribution in [3.05, 3.63) is 0 Å².